The van der Waals surface area contributed by atoms with Crippen molar-refractivity contribution in [1.29, 1.82) is 0 Å². The van der Waals surface area contributed by atoms with E-state index in [2.05, 4.69) is 5.32 Å². The number of benzene rings is 1. The molecule has 4 saturated carbocycles. The van der Waals surface area contributed by atoms with Gasteiger partial charge in [-0.25, -0.2) is 0 Å². The summed E-state index contributed by atoms with van der Waals surface area (Å²) in [6.45, 7) is 2.01. The molecule has 0 saturated heterocycles. The van der Waals surface area contributed by atoms with Crippen molar-refractivity contribution in [1.82, 2.24) is 5.32 Å². The number of ether oxygens (including phenoxy) is 2. The Morgan fingerprint density at radius 2 is 1.60 bits per heavy atom. The van der Waals surface area contributed by atoms with Crippen molar-refractivity contribution in [3.63, 3.8) is 0 Å². The van der Waals surface area contributed by atoms with Crippen molar-refractivity contribution in [3.05, 3.63) is 24.3 Å². The van der Waals surface area contributed by atoms with Crippen LogP contribution in [0.3, 0.4) is 0 Å². The van der Waals surface area contributed by atoms with Crippen molar-refractivity contribution in [2.24, 2.45) is 17.8 Å². The number of hydrogen-bond donors (Lipinski definition) is 1. The van der Waals surface area contributed by atoms with Crippen LogP contribution in [0, 0.1) is 17.8 Å². The Morgan fingerprint density at radius 3 is 2.08 bits per heavy atom. The lowest BCUT2D eigenvalue weighted by atomic mass is 9.53. The largest absolute Gasteiger partial charge is 0.497 e. The lowest BCUT2D eigenvalue weighted by Crippen LogP contribution is -2.61. The third-order valence-electron chi connectivity index (χ3n) is 6.43. The predicted octanol–water partition coefficient (Wildman–Crippen LogP) is 3.94. The van der Waals surface area contributed by atoms with Crippen LogP contribution in [0.5, 0.6) is 11.5 Å². The lowest BCUT2D eigenvalue weighted by molar-refractivity contribution is -0.134. The molecule has 4 aliphatic rings. The normalized spacial score (nSPS) is 33.8. The van der Waals surface area contributed by atoms with Gasteiger partial charge in [0, 0.05) is 5.54 Å². The van der Waals surface area contributed by atoms with Crippen molar-refractivity contribution >= 4 is 5.91 Å². The quantitative estimate of drug-likeness (QED) is 0.851. The minimum atomic E-state index is -0.429. The Labute approximate surface area is 150 Å². The van der Waals surface area contributed by atoms with Crippen molar-refractivity contribution in [3.8, 4) is 11.5 Å². The fourth-order valence-corrected chi connectivity index (χ4v) is 5.75. The Hall–Kier alpha value is -1.71. The molecule has 0 aliphatic heterocycles. The average Bonchev–Trinajstić information content (AvgIpc) is 2.58. The summed E-state index contributed by atoms with van der Waals surface area (Å²) in [6.07, 6.45) is 7.90. The number of carbonyl (C=O) groups is 1. The first-order valence-corrected chi connectivity index (χ1v) is 9.72. The Bertz CT molecular complexity index is 589. The molecule has 0 heterocycles. The van der Waals surface area contributed by atoms with Gasteiger partial charge in [0.15, 0.2) is 6.10 Å². The minimum Gasteiger partial charge on any atom is -0.497 e. The van der Waals surface area contributed by atoms with Crippen LogP contribution in [-0.4, -0.2) is 24.7 Å². The van der Waals surface area contributed by atoms with E-state index in [9.17, 15) is 4.79 Å². The topological polar surface area (TPSA) is 47.6 Å². The van der Waals surface area contributed by atoms with E-state index < -0.39 is 6.10 Å². The molecule has 0 radical (unpaired) electrons. The summed E-state index contributed by atoms with van der Waals surface area (Å²) >= 11 is 0. The number of methoxy groups -OCH3 is 1. The van der Waals surface area contributed by atoms with Gasteiger partial charge in [0.05, 0.1) is 7.11 Å². The summed E-state index contributed by atoms with van der Waals surface area (Å²) in [5, 5.41) is 3.43. The van der Waals surface area contributed by atoms with Gasteiger partial charge in [-0.15, -0.1) is 0 Å². The molecular formula is C21H29NO3. The van der Waals surface area contributed by atoms with E-state index in [0.29, 0.717) is 12.2 Å². The summed E-state index contributed by atoms with van der Waals surface area (Å²) in [5.74, 6) is 4.05. The van der Waals surface area contributed by atoms with Crippen molar-refractivity contribution < 1.29 is 14.3 Å². The first-order chi connectivity index (χ1) is 12.1. The molecule has 25 heavy (non-hydrogen) atoms. The monoisotopic (exact) mass is 343 g/mol. The van der Waals surface area contributed by atoms with E-state index >= 15 is 0 Å². The molecule has 136 valence electrons. The highest BCUT2D eigenvalue weighted by Gasteiger charge is 2.51. The highest BCUT2D eigenvalue weighted by molar-refractivity contribution is 5.82. The third-order valence-corrected chi connectivity index (χ3v) is 6.43. The smallest absolute Gasteiger partial charge is 0.261 e. The first kappa shape index (κ1) is 16.7. The Kier molecular flexibility index (Phi) is 4.38. The molecule has 4 bridgehead atoms. The van der Waals surface area contributed by atoms with Gasteiger partial charge >= 0.3 is 0 Å². The molecule has 0 aromatic heterocycles. The van der Waals surface area contributed by atoms with Crippen LogP contribution in [0.25, 0.3) is 0 Å². The van der Waals surface area contributed by atoms with Gasteiger partial charge in [-0.2, -0.15) is 0 Å². The van der Waals surface area contributed by atoms with E-state index in [-0.39, 0.29) is 11.4 Å². The molecule has 5 rings (SSSR count). The third kappa shape index (κ3) is 3.36. The van der Waals surface area contributed by atoms with Gasteiger partial charge in [0.2, 0.25) is 0 Å². The second-order valence-corrected chi connectivity index (χ2v) is 8.38. The summed E-state index contributed by atoms with van der Waals surface area (Å²) < 4.78 is 11.1. The van der Waals surface area contributed by atoms with E-state index in [1.54, 1.807) is 7.11 Å². The SMILES string of the molecule is CC[C@@H](Oc1ccc(OC)cc1)C(=O)NC12CC3CC(CC(C3)C1)C2. The van der Waals surface area contributed by atoms with Gasteiger partial charge in [-0.05, 0) is 87.0 Å². The zero-order chi connectivity index (χ0) is 17.4. The maximum Gasteiger partial charge on any atom is 0.261 e. The molecule has 4 nitrogen and oxygen atoms in total. The maximum absolute atomic E-state index is 12.9. The molecule has 1 amide bonds. The molecule has 0 unspecified atom stereocenters. The molecule has 0 spiro atoms. The summed E-state index contributed by atoms with van der Waals surface area (Å²) in [4.78, 5) is 12.9. The molecule has 1 aromatic rings. The maximum atomic E-state index is 12.9. The van der Waals surface area contributed by atoms with Gasteiger partial charge < -0.3 is 14.8 Å². The van der Waals surface area contributed by atoms with Gasteiger partial charge in [-0.3, -0.25) is 4.79 Å². The molecular weight excluding hydrogens is 314 g/mol. The van der Waals surface area contributed by atoms with E-state index in [1.165, 1.54) is 38.5 Å². The summed E-state index contributed by atoms with van der Waals surface area (Å²) in [6, 6.07) is 7.44. The second kappa shape index (κ2) is 6.54. The average molecular weight is 343 g/mol. The second-order valence-electron chi connectivity index (χ2n) is 8.38. The van der Waals surface area contributed by atoms with Crippen molar-refractivity contribution in [2.45, 2.75) is 63.5 Å². The first-order valence-electron chi connectivity index (χ1n) is 9.72. The van der Waals surface area contributed by atoms with Crippen LogP contribution in [0.2, 0.25) is 0 Å². The zero-order valence-corrected chi connectivity index (χ0v) is 15.3. The number of rotatable bonds is 6. The number of nitrogens with one attached hydrogen (secondary N) is 1. The number of amides is 1. The highest BCUT2D eigenvalue weighted by atomic mass is 16.5. The van der Waals surface area contributed by atoms with Gasteiger partial charge in [-0.1, -0.05) is 6.92 Å². The molecule has 4 fully saturated rings. The minimum absolute atomic E-state index is 0.0442. The van der Waals surface area contributed by atoms with E-state index in [1.807, 2.05) is 31.2 Å². The van der Waals surface area contributed by atoms with Crippen LogP contribution in [-0.2, 0) is 4.79 Å². The van der Waals surface area contributed by atoms with Crippen molar-refractivity contribution in [2.75, 3.05) is 7.11 Å². The summed E-state index contributed by atoms with van der Waals surface area (Å²) in [7, 11) is 1.64. The lowest BCUT2D eigenvalue weighted by Gasteiger charge is -2.57. The molecule has 1 N–H and O–H groups in total. The Balaban J connectivity index is 1.42. The van der Waals surface area contributed by atoms with Crippen LogP contribution in [0.15, 0.2) is 24.3 Å². The molecule has 4 heteroatoms. The number of carbonyl (C=O) groups excluding carboxylic acids is 1. The standard InChI is InChI=1S/C21H29NO3/c1-3-19(25-18-6-4-17(24-2)5-7-18)20(23)22-21-11-14-8-15(12-21)10-16(9-14)13-21/h4-7,14-16,19H,3,8-13H2,1-2H3,(H,22,23)/t14?,15?,16?,19-,21?/m1/s1. The molecule has 1 aromatic carbocycles. The van der Waals surface area contributed by atoms with Gasteiger partial charge in [0.25, 0.3) is 5.91 Å². The van der Waals surface area contributed by atoms with Crippen LogP contribution in [0.1, 0.15) is 51.9 Å². The Morgan fingerprint density at radius 1 is 1.08 bits per heavy atom. The highest BCUT2D eigenvalue weighted by Crippen LogP contribution is 2.55. The fourth-order valence-electron chi connectivity index (χ4n) is 5.75. The fraction of sp³-hybridized carbons (Fsp3) is 0.667. The van der Waals surface area contributed by atoms with E-state index in [0.717, 1.165) is 23.5 Å². The zero-order valence-electron chi connectivity index (χ0n) is 15.3. The molecule has 4 aliphatic carbocycles. The van der Waals surface area contributed by atoms with Crippen LogP contribution < -0.4 is 14.8 Å². The number of hydrogen-bond acceptors (Lipinski definition) is 3. The predicted molar refractivity (Wildman–Crippen MR) is 96.7 cm³/mol. The summed E-state index contributed by atoms with van der Waals surface area (Å²) in [5.41, 5.74) is 0.0442. The van der Waals surface area contributed by atoms with E-state index in [4.69, 9.17) is 9.47 Å². The van der Waals surface area contributed by atoms with Crippen LogP contribution >= 0.6 is 0 Å². The molecule has 1 atom stereocenters. The van der Waals surface area contributed by atoms with Crippen LogP contribution in [0.4, 0.5) is 0 Å². The van der Waals surface area contributed by atoms with Gasteiger partial charge in [0.1, 0.15) is 11.5 Å².